The van der Waals surface area contributed by atoms with E-state index in [-0.39, 0.29) is 12.1 Å². The van der Waals surface area contributed by atoms with Crippen LogP contribution in [-0.2, 0) is 9.53 Å². The van der Waals surface area contributed by atoms with E-state index in [0.29, 0.717) is 5.92 Å². The predicted molar refractivity (Wildman–Crippen MR) is 103 cm³/mol. The van der Waals surface area contributed by atoms with Crippen LogP contribution < -0.4 is 0 Å². The van der Waals surface area contributed by atoms with E-state index in [1.165, 1.54) is 29.2 Å². The molecule has 0 aliphatic heterocycles. The molecule has 1 atom stereocenters. The van der Waals surface area contributed by atoms with Crippen LogP contribution in [0.4, 0.5) is 0 Å². The summed E-state index contributed by atoms with van der Waals surface area (Å²) in [5, 5.41) is 0. The van der Waals surface area contributed by atoms with Crippen LogP contribution in [0.3, 0.4) is 0 Å². The second-order valence-electron chi connectivity index (χ2n) is 7.31. The highest BCUT2D eigenvalue weighted by molar-refractivity contribution is 5.66. The minimum atomic E-state index is -0.208. The number of hydrogen-bond acceptors (Lipinski definition) is 2. The summed E-state index contributed by atoms with van der Waals surface area (Å²) < 4.78 is 5.66. The summed E-state index contributed by atoms with van der Waals surface area (Å²) in [6.07, 6.45) is 14.0. The third-order valence-corrected chi connectivity index (χ3v) is 4.48. The minimum Gasteiger partial charge on any atom is -0.458 e. The molecule has 0 amide bonds. The van der Waals surface area contributed by atoms with Crippen molar-refractivity contribution in [3.05, 3.63) is 46.6 Å². The van der Waals surface area contributed by atoms with Crippen molar-refractivity contribution in [3.63, 3.8) is 0 Å². The third kappa shape index (κ3) is 7.81. The van der Waals surface area contributed by atoms with Crippen LogP contribution in [0.2, 0.25) is 0 Å². The first-order valence-electron chi connectivity index (χ1n) is 9.15. The quantitative estimate of drug-likeness (QED) is 0.438. The Morgan fingerprint density at radius 2 is 1.58 bits per heavy atom. The number of carbonyl (C=O) groups is 1. The molecule has 2 nitrogen and oxygen atoms in total. The van der Waals surface area contributed by atoms with Crippen LogP contribution in [0, 0.1) is 5.92 Å². The topological polar surface area (TPSA) is 26.3 Å². The van der Waals surface area contributed by atoms with Gasteiger partial charge in [-0.1, -0.05) is 54.9 Å². The fourth-order valence-corrected chi connectivity index (χ4v) is 2.99. The van der Waals surface area contributed by atoms with Gasteiger partial charge in [0, 0.05) is 13.3 Å². The van der Waals surface area contributed by atoms with E-state index in [1.54, 1.807) is 0 Å². The molecule has 134 valence electrons. The highest BCUT2D eigenvalue weighted by atomic mass is 16.5. The molecule has 0 saturated heterocycles. The van der Waals surface area contributed by atoms with E-state index >= 15 is 0 Å². The second kappa shape index (κ2) is 10.3. The van der Waals surface area contributed by atoms with Crippen molar-refractivity contribution in [2.45, 2.75) is 79.8 Å². The fourth-order valence-electron chi connectivity index (χ4n) is 2.99. The Morgan fingerprint density at radius 3 is 2.17 bits per heavy atom. The molecular weight excluding hydrogens is 296 g/mol. The Bertz CT molecular complexity index is 544. The van der Waals surface area contributed by atoms with Gasteiger partial charge in [-0.3, -0.25) is 4.79 Å². The number of ether oxygens (including phenoxy) is 1. The normalized spacial score (nSPS) is 29.9. The van der Waals surface area contributed by atoms with E-state index in [0.717, 1.165) is 32.1 Å². The molecule has 1 aliphatic rings. The lowest BCUT2D eigenvalue weighted by atomic mass is 9.91. The molecule has 1 aliphatic carbocycles. The van der Waals surface area contributed by atoms with Gasteiger partial charge in [0.15, 0.2) is 0 Å². The van der Waals surface area contributed by atoms with E-state index < -0.39 is 0 Å². The largest absolute Gasteiger partial charge is 0.458 e. The van der Waals surface area contributed by atoms with Gasteiger partial charge in [0.1, 0.15) is 6.10 Å². The van der Waals surface area contributed by atoms with Gasteiger partial charge in [0.05, 0.1) is 0 Å². The molecule has 0 radical (unpaired) electrons. The van der Waals surface area contributed by atoms with Crippen molar-refractivity contribution in [2.24, 2.45) is 5.92 Å². The number of hydrogen-bond donors (Lipinski definition) is 0. The zero-order valence-electron chi connectivity index (χ0n) is 16.3. The molecule has 0 aromatic rings. The maximum absolute atomic E-state index is 11.6. The highest BCUT2D eigenvalue weighted by Crippen LogP contribution is 2.25. The minimum absolute atomic E-state index is 0.164. The molecule has 24 heavy (non-hydrogen) atoms. The van der Waals surface area contributed by atoms with Gasteiger partial charge in [0.25, 0.3) is 0 Å². The molecule has 0 aromatic carbocycles. The summed E-state index contributed by atoms with van der Waals surface area (Å²) in [6.45, 7) is 12.4. The number of esters is 1. The lowest BCUT2D eigenvalue weighted by molar-refractivity contribution is -0.144. The lowest BCUT2D eigenvalue weighted by Gasteiger charge is -2.23. The number of allylic oxidation sites excluding steroid dienone is 6. The number of carbonyl (C=O) groups excluding carboxylic acids is 1. The van der Waals surface area contributed by atoms with Crippen molar-refractivity contribution in [1.82, 2.24) is 0 Å². The average molecular weight is 331 g/mol. The summed E-state index contributed by atoms with van der Waals surface area (Å²) in [4.78, 5) is 11.6. The van der Waals surface area contributed by atoms with Crippen molar-refractivity contribution in [2.75, 3.05) is 0 Å². The van der Waals surface area contributed by atoms with Gasteiger partial charge in [-0.05, 0) is 57.9 Å². The summed E-state index contributed by atoms with van der Waals surface area (Å²) in [5.41, 5.74) is 5.31. The first-order chi connectivity index (χ1) is 11.3. The molecule has 2 heteroatoms. The van der Waals surface area contributed by atoms with Crippen LogP contribution in [-0.4, -0.2) is 12.1 Å². The van der Waals surface area contributed by atoms with Crippen LogP contribution in [0.5, 0.6) is 0 Å². The molecule has 0 spiro atoms. The molecule has 0 saturated carbocycles. The van der Waals surface area contributed by atoms with Crippen LogP contribution >= 0.6 is 0 Å². The summed E-state index contributed by atoms with van der Waals surface area (Å²) >= 11 is 0. The monoisotopic (exact) mass is 330 g/mol. The molecule has 0 aromatic heterocycles. The maximum Gasteiger partial charge on any atom is 0.303 e. The van der Waals surface area contributed by atoms with Gasteiger partial charge in [-0.2, -0.15) is 0 Å². The standard InChI is InChI=1S/C22H34O2/c1-16(2)21-14-13-18(4)11-7-9-17(3)10-8-12-19(5)15-22(21)24-20(6)23/h9,12-14,16,22H,7-8,10-11,15H2,1-6H3/b17-9+,18-13+,19-12+,21-14-. The Balaban J connectivity index is 3.17. The van der Waals surface area contributed by atoms with Gasteiger partial charge < -0.3 is 4.74 Å². The average Bonchev–Trinajstić information content (AvgIpc) is 2.45. The first kappa shape index (κ1) is 20.5. The van der Waals surface area contributed by atoms with E-state index in [4.69, 9.17) is 4.74 Å². The molecule has 1 unspecified atom stereocenters. The zero-order valence-corrected chi connectivity index (χ0v) is 16.3. The second-order valence-corrected chi connectivity index (χ2v) is 7.31. The zero-order chi connectivity index (χ0) is 18.1. The van der Waals surface area contributed by atoms with Gasteiger partial charge in [-0.15, -0.1) is 0 Å². The molecule has 0 N–H and O–H groups in total. The smallest absolute Gasteiger partial charge is 0.303 e. The summed E-state index contributed by atoms with van der Waals surface area (Å²) in [7, 11) is 0. The summed E-state index contributed by atoms with van der Waals surface area (Å²) in [5.74, 6) is 0.140. The number of rotatable bonds is 2. The maximum atomic E-state index is 11.6. The van der Waals surface area contributed by atoms with Crippen molar-refractivity contribution in [1.29, 1.82) is 0 Å². The third-order valence-electron chi connectivity index (χ3n) is 4.48. The Labute approximate surface area is 148 Å². The molecule has 0 bridgehead atoms. The van der Waals surface area contributed by atoms with Gasteiger partial charge in [-0.25, -0.2) is 0 Å². The van der Waals surface area contributed by atoms with Gasteiger partial charge >= 0.3 is 5.97 Å². The highest BCUT2D eigenvalue weighted by Gasteiger charge is 2.20. The van der Waals surface area contributed by atoms with E-state index in [9.17, 15) is 4.79 Å². The summed E-state index contributed by atoms with van der Waals surface area (Å²) in [6, 6.07) is 0. The van der Waals surface area contributed by atoms with E-state index in [2.05, 4.69) is 58.9 Å². The SMILES string of the molecule is CC(=O)OC1C/C(C)=C/CC/C(C)=C/CC/C(C)=C/C=C\1C(C)C. The molecular formula is C22H34O2. The lowest BCUT2D eigenvalue weighted by Crippen LogP contribution is -2.22. The molecule has 0 fully saturated rings. The van der Waals surface area contributed by atoms with Crippen molar-refractivity contribution < 1.29 is 9.53 Å². The van der Waals surface area contributed by atoms with Crippen molar-refractivity contribution in [3.8, 4) is 0 Å². The molecule has 0 heterocycles. The Kier molecular flexibility index (Phi) is 8.81. The van der Waals surface area contributed by atoms with E-state index in [1.807, 2.05) is 0 Å². The Morgan fingerprint density at radius 1 is 1.00 bits per heavy atom. The van der Waals surface area contributed by atoms with Crippen LogP contribution in [0.25, 0.3) is 0 Å². The van der Waals surface area contributed by atoms with Gasteiger partial charge in [0.2, 0.25) is 0 Å². The predicted octanol–water partition coefficient (Wildman–Crippen LogP) is 6.30. The first-order valence-corrected chi connectivity index (χ1v) is 9.15. The van der Waals surface area contributed by atoms with Crippen LogP contribution in [0.15, 0.2) is 46.6 Å². The Hall–Kier alpha value is -1.57. The fraction of sp³-hybridized carbons (Fsp3) is 0.591. The van der Waals surface area contributed by atoms with Crippen LogP contribution in [0.1, 0.15) is 73.6 Å². The van der Waals surface area contributed by atoms with Crippen molar-refractivity contribution >= 4 is 5.97 Å². The molecule has 1 rings (SSSR count).